The van der Waals surface area contributed by atoms with Crippen LogP contribution in [0.4, 0.5) is 17.1 Å². The Morgan fingerprint density at radius 1 is 0.943 bits per heavy atom. The molecule has 4 N–H and O–H groups in total. The minimum Gasteiger partial charge on any atom is -0.397 e. The van der Waals surface area contributed by atoms with Gasteiger partial charge in [0.1, 0.15) is 6.04 Å². The Morgan fingerprint density at radius 3 is 2.31 bits per heavy atom. The highest BCUT2D eigenvalue weighted by Crippen LogP contribution is 2.25. The lowest BCUT2D eigenvalue weighted by atomic mass is 10.0. The summed E-state index contributed by atoms with van der Waals surface area (Å²) < 4.78 is 6.44. The van der Waals surface area contributed by atoms with Crippen LogP contribution in [-0.4, -0.2) is 43.0 Å². The van der Waals surface area contributed by atoms with Gasteiger partial charge in [-0.1, -0.05) is 52.3 Å². The van der Waals surface area contributed by atoms with Gasteiger partial charge in [-0.15, -0.1) is 0 Å². The summed E-state index contributed by atoms with van der Waals surface area (Å²) >= 11 is 3.42. The molecule has 1 aliphatic rings. The molecule has 180 valence electrons. The van der Waals surface area contributed by atoms with Crippen molar-refractivity contribution in [2.24, 2.45) is 0 Å². The van der Waals surface area contributed by atoms with Gasteiger partial charge in [0, 0.05) is 29.3 Å². The molecule has 1 fully saturated rings. The zero-order valence-corrected chi connectivity index (χ0v) is 20.7. The summed E-state index contributed by atoms with van der Waals surface area (Å²) in [6, 6.07) is 21.8. The van der Waals surface area contributed by atoms with Gasteiger partial charge in [-0.3, -0.25) is 14.5 Å². The van der Waals surface area contributed by atoms with Crippen LogP contribution >= 0.6 is 15.9 Å². The maximum atomic E-state index is 13.3. The molecule has 1 heterocycles. The van der Waals surface area contributed by atoms with Crippen LogP contribution in [0.3, 0.4) is 0 Å². The van der Waals surface area contributed by atoms with E-state index in [0.717, 1.165) is 21.3 Å². The molecular weight excluding hydrogens is 508 g/mol. The van der Waals surface area contributed by atoms with Crippen LogP contribution in [0.5, 0.6) is 0 Å². The molecule has 0 aromatic heterocycles. The first-order valence-electron chi connectivity index (χ1n) is 11.3. The number of nitrogens with zero attached hydrogens (tertiary/aromatic N) is 1. The van der Waals surface area contributed by atoms with Gasteiger partial charge in [0.25, 0.3) is 0 Å². The molecule has 35 heavy (non-hydrogen) atoms. The summed E-state index contributed by atoms with van der Waals surface area (Å²) in [5.74, 6) is -0.371. The number of nitrogen functional groups attached to an aromatic ring is 1. The number of para-hydroxylation sites is 2. The Labute approximate surface area is 213 Å². The Morgan fingerprint density at radius 2 is 1.63 bits per heavy atom. The van der Waals surface area contributed by atoms with Crippen molar-refractivity contribution >= 4 is 50.9 Å². The summed E-state index contributed by atoms with van der Waals surface area (Å²) in [6.45, 7) is 2.51. The van der Waals surface area contributed by atoms with Crippen LogP contribution in [0.25, 0.3) is 6.08 Å². The standard InChI is InChI=1S/C27H27BrN4O3/c28-21-10-12-22(13-11-21)30-27(34)26(32-15-17-35-18-16-32)20-8-5-19(6-9-20)7-14-25(33)31-24-4-2-1-3-23(24)29/h1-14,26H,15-18,29H2,(H,30,34)(H,31,33)/b14-7+. The average Bonchev–Trinajstić information content (AvgIpc) is 2.87. The third kappa shape index (κ3) is 6.79. The van der Waals surface area contributed by atoms with E-state index in [4.69, 9.17) is 10.5 Å². The molecular formula is C27H27BrN4O3. The maximum Gasteiger partial charge on any atom is 0.248 e. The molecule has 3 aromatic rings. The van der Waals surface area contributed by atoms with Crippen LogP contribution in [-0.2, 0) is 14.3 Å². The minimum absolute atomic E-state index is 0.0997. The quantitative estimate of drug-likeness (QED) is 0.301. The highest BCUT2D eigenvalue weighted by Gasteiger charge is 2.29. The normalized spacial score (nSPS) is 15.0. The van der Waals surface area contributed by atoms with E-state index in [9.17, 15) is 9.59 Å². The molecule has 1 aliphatic heterocycles. The smallest absolute Gasteiger partial charge is 0.248 e. The van der Waals surface area contributed by atoms with Crippen molar-refractivity contribution in [3.63, 3.8) is 0 Å². The predicted octanol–water partition coefficient (Wildman–Crippen LogP) is 4.70. The van der Waals surface area contributed by atoms with Crippen LogP contribution in [0.1, 0.15) is 17.2 Å². The monoisotopic (exact) mass is 534 g/mol. The second-order valence-electron chi connectivity index (χ2n) is 8.12. The highest BCUT2D eigenvalue weighted by molar-refractivity contribution is 9.10. The number of amides is 2. The number of halogens is 1. The molecule has 0 spiro atoms. The molecule has 0 bridgehead atoms. The van der Waals surface area contributed by atoms with Gasteiger partial charge < -0.3 is 21.1 Å². The average molecular weight is 535 g/mol. The predicted molar refractivity (Wildman–Crippen MR) is 143 cm³/mol. The van der Waals surface area contributed by atoms with Crippen LogP contribution in [0.2, 0.25) is 0 Å². The second kappa shape index (κ2) is 11.8. The zero-order valence-electron chi connectivity index (χ0n) is 19.1. The number of ether oxygens (including phenoxy) is 1. The van der Waals surface area contributed by atoms with E-state index in [1.807, 2.05) is 60.7 Å². The van der Waals surface area contributed by atoms with Gasteiger partial charge >= 0.3 is 0 Å². The summed E-state index contributed by atoms with van der Waals surface area (Å²) in [7, 11) is 0. The number of anilines is 3. The van der Waals surface area contributed by atoms with Gasteiger partial charge in [-0.2, -0.15) is 0 Å². The third-order valence-electron chi connectivity index (χ3n) is 5.67. The van der Waals surface area contributed by atoms with E-state index < -0.39 is 6.04 Å². The fourth-order valence-corrected chi connectivity index (χ4v) is 4.12. The SMILES string of the molecule is Nc1ccccc1NC(=O)/C=C/c1ccc(C(C(=O)Nc2ccc(Br)cc2)N2CCOCC2)cc1. The number of nitrogens with two attached hydrogens (primary N) is 1. The summed E-state index contributed by atoms with van der Waals surface area (Å²) in [4.78, 5) is 27.7. The van der Waals surface area contributed by atoms with Gasteiger partial charge in [0.15, 0.2) is 0 Å². The number of benzene rings is 3. The number of hydrogen-bond donors (Lipinski definition) is 3. The van der Waals surface area contributed by atoms with Crippen molar-refractivity contribution in [3.8, 4) is 0 Å². The lowest BCUT2D eigenvalue weighted by Crippen LogP contribution is -2.43. The van der Waals surface area contributed by atoms with E-state index in [-0.39, 0.29) is 11.8 Å². The Hall–Kier alpha value is -3.46. The number of rotatable bonds is 7. The number of morpholine rings is 1. The van der Waals surface area contributed by atoms with E-state index in [1.54, 1.807) is 18.2 Å². The minimum atomic E-state index is -0.454. The molecule has 1 atom stereocenters. The molecule has 7 nitrogen and oxygen atoms in total. The van der Waals surface area contributed by atoms with Crippen molar-refractivity contribution in [2.75, 3.05) is 42.7 Å². The molecule has 2 amide bonds. The van der Waals surface area contributed by atoms with Crippen LogP contribution in [0.15, 0.2) is 83.3 Å². The maximum absolute atomic E-state index is 13.3. The number of hydrogen-bond acceptors (Lipinski definition) is 5. The van der Waals surface area contributed by atoms with Crippen molar-refractivity contribution < 1.29 is 14.3 Å². The van der Waals surface area contributed by atoms with Gasteiger partial charge in [-0.05, 0) is 53.6 Å². The number of carbonyl (C=O) groups excluding carboxylic acids is 2. The van der Waals surface area contributed by atoms with E-state index in [0.29, 0.717) is 37.7 Å². The van der Waals surface area contributed by atoms with E-state index in [2.05, 4.69) is 31.5 Å². The van der Waals surface area contributed by atoms with Crippen molar-refractivity contribution in [3.05, 3.63) is 94.5 Å². The summed E-state index contributed by atoms with van der Waals surface area (Å²) in [5.41, 5.74) is 9.42. The Bertz CT molecular complexity index is 1190. The summed E-state index contributed by atoms with van der Waals surface area (Å²) in [5, 5.41) is 5.80. The topological polar surface area (TPSA) is 96.7 Å². The first kappa shape index (κ1) is 24.7. The Balaban J connectivity index is 1.47. The molecule has 1 saturated heterocycles. The van der Waals surface area contributed by atoms with Gasteiger partial charge in [-0.25, -0.2) is 0 Å². The first-order valence-corrected chi connectivity index (χ1v) is 12.1. The third-order valence-corrected chi connectivity index (χ3v) is 6.20. The lowest BCUT2D eigenvalue weighted by molar-refractivity contribution is -0.123. The van der Waals surface area contributed by atoms with E-state index in [1.165, 1.54) is 6.08 Å². The molecule has 0 radical (unpaired) electrons. The zero-order chi connectivity index (χ0) is 24.6. The fourth-order valence-electron chi connectivity index (χ4n) is 3.85. The van der Waals surface area contributed by atoms with Crippen molar-refractivity contribution in [1.29, 1.82) is 0 Å². The van der Waals surface area contributed by atoms with Crippen molar-refractivity contribution in [2.45, 2.75) is 6.04 Å². The van der Waals surface area contributed by atoms with Gasteiger partial charge in [0.2, 0.25) is 11.8 Å². The number of carbonyl (C=O) groups is 2. The largest absolute Gasteiger partial charge is 0.397 e. The van der Waals surface area contributed by atoms with Crippen molar-refractivity contribution in [1.82, 2.24) is 4.90 Å². The fraction of sp³-hybridized carbons (Fsp3) is 0.185. The van der Waals surface area contributed by atoms with E-state index >= 15 is 0 Å². The second-order valence-corrected chi connectivity index (χ2v) is 9.04. The highest BCUT2D eigenvalue weighted by atomic mass is 79.9. The first-order chi connectivity index (χ1) is 17.0. The molecule has 3 aromatic carbocycles. The Kier molecular flexibility index (Phi) is 8.31. The van der Waals surface area contributed by atoms with Crippen LogP contribution < -0.4 is 16.4 Å². The van der Waals surface area contributed by atoms with Gasteiger partial charge in [0.05, 0.1) is 24.6 Å². The lowest BCUT2D eigenvalue weighted by Gasteiger charge is -2.33. The molecule has 0 saturated carbocycles. The molecule has 0 aliphatic carbocycles. The molecule has 4 rings (SSSR count). The number of nitrogens with one attached hydrogen (secondary N) is 2. The molecule has 1 unspecified atom stereocenters. The summed E-state index contributed by atoms with van der Waals surface area (Å²) in [6.07, 6.45) is 3.19. The van der Waals surface area contributed by atoms with Crippen LogP contribution in [0, 0.1) is 0 Å². The molecule has 8 heteroatoms.